The van der Waals surface area contributed by atoms with Crippen molar-refractivity contribution in [3.63, 3.8) is 0 Å². The number of anilines is 1. The van der Waals surface area contributed by atoms with Gasteiger partial charge in [-0.3, -0.25) is 4.90 Å². The summed E-state index contributed by atoms with van der Waals surface area (Å²) < 4.78 is 6.28. The molecular weight excluding hydrogens is 372 g/mol. The highest BCUT2D eigenvalue weighted by Crippen LogP contribution is 2.66. The first kappa shape index (κ1) is 20.5. The Balaban J connectivity index is 1.22. The van der Waals surface area contributed by atoms with Crippen LogP contribution in [0.4, 0.5) is 5.69 Å². The summed E-state index contributed by atoms with van der Waals surface area (Å²) in [6.45, 7) is 12.2. The van der Waals surface area contributed by atoms with Gasteiger partial charge in [0.25, 0.3) is 0 Å². The summed E-state index contributed by atoms with van der Waals surface area (Å²) in [5.41, 5.74) is 1.81. The van der Waals surface area contributed by atoms with Gasteiger partial charge in [-0.2, -0.15) is 0 Å². The topological polar surface area (TPSA) is 35.9 Å². The molecule has 1 N–H and O–H groups in total. The number of benzene rings is 1. The first-order chi connectivity index (χ1) is 13.3. The number of ether oxygens (including phenoxy) is 1. The van der Waals surface area contributed by atoms with Crippen LogP contribution in [0.3, 0.4) is 0 Å². The van der Waals surface area contributed by atoms with Crippen LogP contribution in [-0.4, -0.2) is 61.5 Å². The Morgan fingerprint density at radius 1 is 1.21 bits per heavy atom. The maximum atomic E-state index is 10.6. The summed E-state index contributed by atoms with van der Waals surface area (Å²) in [4.78, 5) is 4.71. The summed E-state index contributed by atoms with van der Waals surface area (Å²) in [5.74, 6) is 0.777. The minimum Gasteiger partial charge on any atom is -0.389 e. The summed E-state index contributed by atoms with van der Waals surface area (Å²) in [6, 6.07) is 8.05. The molecule has 1 aliphatic heterocycles. The third-order valence-electron chi connectivity index (χ3n) is 8.22. The fourth-order valence-corrected chi connectivity index (χ4v) is 6.01. The van der Waals surface area contributed by atoms with E-state index in [1.165, 1.54) is 18.5 Å². The van der Waals surface area contributed by atoms with Crippen LogP contribution in [-0.2, 0) is 4.74 Å². The Bertz CT molecular complexity index is 689. The minimum absolute atomic E-state index is 0.264. The first-order valence-corrected chi connectivity index (χ1v) is 11.2. The van der Waals surface area contributed by atoms with Crippen LogP contribution in [0.5, 0.6) is 0 Å². The lowest BCUT2D eigenvalue weighted by atomic mass is 9.70. The summed E-state index contributed by atoms with van der Waals surface area (Å²) >= 11 is 6.12. The normalized spacial score (nSPS) is 33.4. The van der Waals surface area contributed by atoms with Gasteiger partial charge in [0.2, 0.25) is 0 Å². The van der Waals surface area contributed by atoms with E-state index < -0.39 is 6.10 Å². The molecule has 3 fully saturated rings. The van der Waals surface area contributed by atoms with Crippen molar-refractivity contribution in [3.05, 3.63) is 29.3 Å². The smallest absolute Gasteiger partial charge is 0.0900 e. The third-order valence-corrected chi connectivity index (χ3v) is 8.45. The van der Waals surface area contributed by atoms with Gasteiger partial charge in [0.1, 0.15) is 0 Å². The number of β-amino-alcohol motifs (C(OH)–C–C–N with tert-alkyl or cyclic N) is 1. The van der Waals surface area contributed by atoms with Crippen molar-refractivity contribution in [2.75, 3.05) is 44.2 Å². The van der Waals surface area contributed by atoms with Crippen molar-refractivity contribution < 1.29 is 9.84 Å². The Labute approximate surface area is 174 Å². The van der Waals surface area contributed by atoms with Crippen LogP contribution < -0.4 is 4.90 Å². The zero-order valence-corrected chi connectivity index (χ0v) is 18.3. The number of aliphatic hydroxyl groups excluding tert-OH is 1. The zero-order valence-electron chi connectivity index (χ0n) is 17.5. The van der Waals surface area contributed by atoms with E-state index in [4.69, 9.17) is 16.3 Å². The van der Waals surface area contributed by atoms with Crippen molar-refractivity contribution in [1.29, 1.82) is 0 Å². The number of piperazine rings is 1. The molecular formula is C23H35ClN2O2. The van der Waals surface area contributed by atoms with Gasteiger partial charge < -0.3 is 14.7 Å². The number of fused-ring (bicyclic) bond motifs is 2. The van der Waals surface area contributed by atoms with Gasteiger partial charge in [0, 0.05) is 43.4 Å². The molecule has 0 unspecified atom stereocenters. The molecule has 0 radical (unpaired) electrons. The maximum absolute atomic E-state index is 10.6. The SMILES string of the molecule is CC1(C)[C@H]2CC[C@@]1(C)[C@@H](OC[C@@H](O)CN1CCN(c3cccc(Cl)c3)CC1)C2. The zero-order chi connectivity index (χ0) is 19.9. The quantitative estimate of drug-likeness (QED) is 0.772. The second kappa shape index (κ2) is 7.79. The van der Waals surface area contributed by atoms with Crippen LogP contribution >= 0.6 is 11.6 Å². The fraction of sp³-hybridized carbons (Fsp3) is 0.739. The molecule has 2 aliphatic carbocycles. The standard InChI is InChI=1S/C23H35ClN2O2/c1-22(2)17-7-8-23(22,3)21(13-17)28-16-20(27)15-25-9-11-26(12-10-25)19-6-4-5-18(24)14-19/h4-6,14,17,20-21,27H,7-13,15-16H2,1-3H3/t17-,20-,21-,23-/m0/s1. The van der Waals surface area contributed by atoms with Crippen LogP contribution in [0.1, 0.15) is 40.0 Å². The van der Waals surface area contributed by atoms with Crippen molar-refractivity contribution in [3.8, 4) is 0 Å². The maximum Gasteiger partial charge on any atom is 0.0900 e. The predicted octanol–water partition coefficient (Wildman–Crippen LogP) is 4.05. The van der Waals surface area contributed by atoms with E-state index >= 15 is 0 Å². The Kier molecular flexibility index (Phi) is 5.69. The predicted molar refractivity (Wildman–Crippen MR) is 115 cm³/mol. The molecule has 0 amide bonds. The molecule has 1 aromatic rings. The lowest BCUT2D eigenvalue weighted by Crippen LogP contribution is -2.49. The molecule has 3 aliphatic rings. The molecule has 2 bridgehead atoms. The molecule has 4 nitrogen and oxygen atoms in total. The second-order valence-corrected chi connectivity index (χ2v) is 10.3. The summed E-state index contributed by atoms with van der Waals surface area (Å²) in [6.07, 6.45) is 3.65. The van der Waals surface area contributed by atoms with Gasteiger partial charge in [0.05, 0.1) is 18.8 Å². The van der Waals surface area contributed by atoms with Crippen LogP contribution in [0.2, 0.25) is 5.02 Å². The van der Waals surface area contributed by atoms with Crippen LogP contribution in [0.15, 0.2) is 24.3 Å². The molecule has 5 heteroatoms. The van der Waals surface area contributed by atoms with Gasteiger partial charge in [0.15, 0.2) is 0 Å². The summed E-state index contributed by atoms with van der Waals surface area (Å²) in [5, 5.41) is 11.3. The monoisotopic (exact) mass is 406 g/mol. The highest BCUT2D eigenvalue weighted by atomic mass is 35.5. The van der Waals surface area contributed by atoms with E-state index in [0.29, 0.717) is 24.7 Å². The van der Waals surface area contributed by atoms with Crippen LogP contribution in [0.25, 0.3) is 0 Å². The van der Waals surface area contributed by atoms with E-state index in [-0.39, 0.29) is 5.41 Å². The van der Waals surface area contributed by atoms with E-state index in [9.17, 15) is 5.11 Å². The lowest BCUT2D eigenvalue weighted by Gasteiger charge is -2.39. The number of hydrogen-bond acceptors (Lipinski definition) is 4. The molecule has 1 heterocycles. The largest absolute Gasteiger partial charge is 0.389 e. The molecule has 1 saturated heterocycles. The highest BCUT2D eigenvalue weighted by molar-refractivity contribution is 6.30. The molecule has 156 valence electrons. The molecule has 1 aromatic carbocycles. The average molecular weight is 407 g/mol. The molecule has 2 saturated carbocycles. The van der Waals surface area contributed by atoms with E-state index in [0.717, 1.165) is 43.5 Å². The van der Waals surface area contributed by atoms with Gasteiger partial charge >= 0.3 is 0 Å². The third kappa shape index (κ3) is 3.69. The van der Waals surface area contributed by atoms with E-state index in [1.54, 1.807) is 0 Å². The van der Waals surface area contributed by atoms with Gasteiger partial charge in [-0.25, -0.2) is 0 Å². The van der Waals surface area contributed by atoms with Crippen molar-refractivity contribution in [1.82, 2.24) is 4.90 Å². The molecule has 4 atom stereocenters. The van der Waals surface area contributed by atoms with E-state index in [1.807, 2.05) is 18.2 Å². The fourth-order valence-electron chi connectivity index (χ4n) is 5.82. The first-order valence-electron chi connectivity index (χ1n) is 10.8. The summed E-state index contributed by atoms with van der Waals surface area (Å²) in [7, 11) is 0. The average Bonchev–Trinajstić information content (AvgIpc) is 3.00. The molecule has 0 aromatic heterocycles. The van der Waals surface area contributed by atoms with Crippen molar-refractivity contribution >= 4 is 17.3 Å². The Hall–Kier alpha value is -0.810. The number of nitrogens with zero attached hydrogens (tertiary/aromatic N) is 2. The molecule has 4 rings (SSSR count). The number of hydrogen-bond donors (Lipinski definition) is 1. The Morgan fingerprint density at radius 3 is 2.57 bits per heavy atom. The van der Waals surface area contributed by atoms with Crippen molar-refractivity contribution in [2.24, 2.45) is 16.7 Å². The second-order valence-electron chi connectivity index (χ2n) is 9.85. The number of rotatable bonds is 6. The van der Waals surface area contributed by atoms with Gasteiger partial charge in [-0.1, -0.05) is 38.4 Å². The minimum atomic E-state index is -0.413. The Morgan fingerprint density at radius 2 is 1.96 bits per heavy atom. The van der Waals surface area contributed by atoms with E-state index in [2.05, 4.69) is 36.6 Å². The van der Waals surface area contributed by atoms with Crippen molar-refractivity contribution in [2.45, 2.75) is 52.2 Å². The number of aliphatic hydroxyl groups is 1. The molecule has 28 heavy (non-hydrogen) atoms. The highest BCUT2D eigenvalue weighted by Gasteiger charge is 2.61. The van der Waals surface area contributed by atoms with Gasteiger partial charge in [-0.15, -0.1) is 0 Å². The lowest BCUT2D eigenvalue weighted by molar-refractivity contribution is -0.0794. The van der Waals surface area contributed by atoms with Gasteiger partial charge in [-0.05, 0) is 54.2 Å². The molecule has 0 spiro atoms. The van der Waals surface area contributed by atoms with Crippen LogP contribution in [0, 0.1) is 16.7 Å². The number of halogens is 1.